The van der Waals surface area contributed by atoms with Crippen LogP contribution in [0.3, 0.4) is 0 Å². The molecule has 0 saturated heterocycles. The largest absolute Gasteiger partial charge is 0.478 e. The van der Waals surface area contributed by atoms with Gasteiger partial charge in [-0.2, -0.15) is 0 Å². The van der Waals surface area contributed by atoms with Crippen molar-refractivity contribution in [3.63, 3.8) is 0 Å². The van der Waals surface area contributed by atoms with Gasteiger partial charge in [-0.3, -0.25) is 4.79 Å². The molecule has 0 aliphatic rings. The molecule has 0 aliphatic carbocycles. The van der Waals surface area contributed by atoms with Crippen molar-refractivity contribution in [2.24, 2.45) is 5.73 Å². The molecule has 0 spiro atoms. The molecule has 32 heavy (non-hydrogen) atoms. The lowest BCUT2D eigenvalue weighted by molar-refractivity contribution is 0.0692. The molecule has 4 nitrogen and oxygen atoms in total. The number of primary amides is 1. The molecule has 0 saturated carbocycles. The third-order valence-corrected chi connectivity index (χ3v) is 6.86. The Morgan fingerprint density at radius 1 is 0.562 bits per heavy atom. The van der Waals surface area contributed by atoms with Crippen LogP contribution in [0.5, 0.6) is 0 Å². The fourth-order valence-corrected chi connectivity index (χ4v) is 5.76. The van der Waals surface area contributed by atoms with Gasteiger partial charge in [-0.25, -0.2) is 4.79 Å². The number of fused-ring (bicyclic) bond motifs is 8. The third kappa shape index (κ3) is 1.84. The molecule has 7 aromatic rings. The van der Waals surface area contributed by atoms with Gasteiger partial charge in [0.15, 0.2) is 0 Å². The van der Waals surface area contributed by atoms with E-state index in [9.17, 15) is 14.7 Å². The minimum Gasteiger partial charge on any atom is -0.478 e. The molecule has 0 bridgehead atoms. The summed E-state index contributed by atoms with van der Waals surface area (Å²) in [6.07, 6.45) is 0. The number of amides is 1. The molecule has 7 aromatic carbocycles. The van der Waals surface area contributed by atoms with Gasteiger partial charge < -0.3 is 10.8 Å². The fraction of sp³-hybridized carbons (Fsp3) is 0. The summed E-state index contributed by atoms with van der Waals surface area (Å²) in [5.41, 5.74) is 5.87. The summed E-state index contributed by atoms with van der Waals surface area (Å²) in [6.45, 7) is 0. The molecule has 4 heteroatoms. The van der Waals surface area contributed by atoms with Crippen LogP contribution in [0.2, 0.25) is 0 Å². The van der Waals surface area contributed by atoms with E-state index < -0.39 is 11.9 Å². The van der Waals surface area contributed by atoms with Gasteiger partial charge >= 0.3 is 5.97 Å². The number of carbonyl (C=O) groups excluding carboxylic acids is 1. The SMILES string of the molecule is NC(=O)c1c(C(=O)O)cc2c3ccccc3c3c4cccc5c6ccccc6c(c1c23)c54. The van der Waals surface area contributed by atoms with Gasteiger partial charge in [0.2, 0.25) is 5.91 Å². The highest BCUT2D eigenvalue weighted by Crippen LogP contribution is 2.51. The predicted octanol–water partition coefficient (Wildman–Crippen LogP) is 6.28. The molecule has 0 aromatic heterocycles. The zero-order chi connectivity index (χ0) is 21.7. The van der Waals surface area contributed by atoms with E-state index in [0.717, 1.165) is 59.2 Å². The highest BCUT2D eigenvalue weighted by Gasteiger charge is 2.28. The Kier molecular flexibility index (Phi) is 3.03. The molecule has 1 amide bonds. The van der Waals surface area contributed by atoms with Crippen molar-refractivity contribution >= 4 is 76.5 Å². The average Bonchev–Trinajstić information content (AvgIpc) is 3.31. The van der Waals surface area contributed by atoms with Crippen molar-refractivity contribution in [3.05, 3.63) is 83.9 Å². The summed E-state index contributed by atoms with van der Waals surface area (Å²) in [7, 11) is 0. The van der Waals surface area contributed by atoms with Crippen LogP contribution in [-0.4, -0.2) is 17.0 Å². The number of carboxylic acid groups (broad SMARTS) is 1. The lowest BCUT2D eigenvalue weighted by Crippen LogP contribution is -2.17. The Hall–Kier alpha value is -4.44. The number of aromatic carboxylic acids is 1. The standard InChI is InChI=1S/C28H15NO3/c29-27(30)25-20(28(31)32)12-19-14-7-2-3-8-15(14)22-18-11-5-10-16-13-6-1-4-9-17(13)23(21(16)18)26(25)24(19)22/h1-12H,(H2,29,30)(H,31,32). The second-order valence-electron chi connectivity index (χ2n) is 8.34. The summed E-state index contributed by atoms with van der Waals surface area (Å²) in [5.74, 6) is -1.89. The highest BCUT2D eigenvalue weighted by molar-refractivity contribution is 6.49. The van der Waals surface area contributed by atoms with Gasteiger partial charge in [0.1, 0.15) is 0 Å². The van der Waals surface area contributed by atoms with Gasteiger partial charge in [-0.15, -0.1) is 0 Å². The molecule has 0 atom stereocenters. The van der Waals surface area contributed by atoms with Gasteiger partial charge in [0.05, 0.1) is 11.1 Å². The second kappa shape index (κ2) is 5.62. The molecule has 0 aliphatic heterocycles. The number of carboxylic acids is 1. The summed E-state index contributed by atoms with van der Waals surface area (Å²) >= 11 is 0. The van der Waals surface area contributed by atoms with Crippen molar-refractivity contribution in [2.45, 2.75) is 0 Å². The van der Waals surface area contributed by atoms with E-state index in [1.165, 1.54) is 0 Å². The van der Waals surface area contributed by atoms with Crippen molar-refractivity contribution in [3.8, 4) is 0 Å². The van der Waals surface area contributed by atoms with E-state index in [0.29, 0.717) is 5.39 Å². The van der Waals surface area contributed by atoms with Crippen LogP contribution in [0.4, 0.5) is 0 Å². The molecular weight excluding hydrogens is 398 g/mol. The quantitative estimate of drug-likeness (QED) is 0.327. The number of nitrogens with two attached hydrogens (primary N) is 1. The number of carbonyl (C=O) groups is 2. The summed E-state index contributed by atoms with van der Waals surface area (Å²) < 4.78 is 0. The van der Waals surface area contributed by atoms with Crippen molar-refractivity contribution in [1.29, 1.82) is 0 Å². The fourth-order valence-electron chi connectivity index (χ4n) is 5.76. The van der Waals surface area contributed by atoms with Crippen LogP contribution in [0.15, 0.2) is 72.8 Å². The van der Waals surface area contributed by atoms with Crippen LogP contribution in [0, 0.1) is 0 Å². The summed E-state index contributed by atoms with van der Waals surface area (Å²) in [4.78, 5) is 25.0. The zero-order valence-corrected chi connectivity index (χ0v) is 16.8. The maximum atomic E-state index is 12.7. The van der Waals surface area contributed by atoms with Crippen molar-refractivity contribution in [2.75, 3.05) is 0 Å². The zero-order valence-electron chi connectivity index (χ0n) is 16.8. The first-order valence-corrected chi connectivity index (χ1v) is 10.4. The monoisotopic (exact) mass is 413 g/mol. The molecule has 0 radical (unpaired) electrons. The van der Waals surface area contributed by atoms with Crippen LogP contribution in [0.1, 0.15) is 20.7 Å². The van der Waals surface area contributed by atoms with Gasteiger partial charge in [-0.1, -0.05) is 66.7 Å². The maximum absolute atomic E-state index is 12.7. The molecule has 0 heterocycles. The summed E-state index contributed by atoms with van der Waals surface area (Å²) in [6, 6.07) is 24.0. The van der Waals surface area contributed by atoms with E-state index in [-0.39, 0.29) is 11.1 Å². The van der Waals surface area contributed by atoms with Crippen LogP contribution in [0.25, 0.3) is 64.6 Å². The number of hydrogen-bond donors (Lipinski definition) is 2. The Balaban J connectivity index is 2.01. The maximum Gasteiger partial charge on any atom is 0.336 e. The molecule has 0 unspecified atom stereocenters. The minimum atomic E-state index is -1.16. The lowest BCUT2D eigenvalue weighted by Gasteiger charge is -2.13. The number of rotatable bonds is 2. The Bertz CT molecular complexity index is 1930. The number of hydrogen-bond acceptors (Lipinski definition) is 2. The third-order valence-electron chi connectivity index (χ3n) is 6.86. The Labute approximate surface area is 181 Å². The molecule has 0 fully saturated rings. The second-order valence-corrected chi connectivity index (χ2v) is 8.34. The van der Waals surface area contributed by atoms with Crippen molar-refractivity contribution < 1.29 is 14.7 Å². The highest BCUT2D eigenvalue weighted by atomic mass is 16.4. The van der Waals surface area contributed by atoms with E-state index in [2.05, 4.69) is 30.3 Å². The molecule has 3 N–H and O–H groups in total. The van der Waals surface area contributed by atoms with Gasteiger partial charge in [0, 0.05) is 5.39 Å². The van der Waals surface area contributed by atoms with E-state index in [4.69, 9.17) is 5.73 Å². The normalized spacial score (nSPS) is 12.2. The molecule has 7 rings (SSSR count). The van der Waals surface area contributed by atoms with Crippen LogP contribution in [-0.2, 0) is 0 Å². The summed E-state index contributed by atoms with van der Waals surface area (Å²) in [5, 5.41) is 21.7. The first-order chi connectivity index (χ1) is 15.6. The average molecular weight is 413 g/mol. The predicted molar refractivity (Wildman–Crippen MR) is 129 cm³/mol. The Morgan fingerprint density at radius 3 is 1.62 bits per heavy atom. The van der Waals surface area contributed by atoms with Crippen molar-refractivity contribution in [1.82, 2.24) is 0 Å². The van der Waals surface area contributed by atoms with Crippen LogP contribution >= 0.6 is 0 Å². The lowest BCUT2D eigenvalue weighted by atomic mass is 9.89. The van der Waals surface area contributed by atoms with E-state index in [1.54, 1.807) is 6.07 Å². The van der Waals surface area contributed by atoms with E-state index in [1.807, 2.05) is 36.4 Å². The molecule has 150 valence electrons. The first kappa shape index (κ1) is 17.3. The van der Waals surface area contributed by atoms with Crippen LogP contribution < -0.4 is 5.73 Å². The van der Waals surface area contributed by atoms with E-state index >= 15 is 0 Å². The molecular formula is C28H15NO3. The smallest absolute Gasteiger partial charge is 0.336 e. The topological polar surface area (TPSA) is 80.4 Å². The first-order valence-electron chi connectivity index (χ1n) is 10.4. The minimum absolute atomic E-state index is 0.0554. The van der Waals surface area contributed by atoms with Gasteiger partial charge in [-0.05, 0) is 65.3 Å². The number of benzene rings is 5. The van der Waals surface area contributed by atoms with Gasteiger partial charge in [0.25, 0.3) is 0 Å². The Morgan fingerprint density at radius 2 is 1.03 bits per heavy atom.